The average molecular weight is 275 g/mol. The van der Waals surface area contributed by atoms with Crippen molar-refractivity contribution in [2.45, 2.75) is 58.5 Å². The maximum absolute atomic E-state index is 11.8. The number of carboxylic acids is 1. The minimum Gasteiger partial charge on any atom is -0.480 e. The molecule has 2 atom stereocenters. The van der Waals surface area contributed by atoms with Crippen molar-refractivity contribution in [1.82, 2.24) is 0 Å². The quantitative estimate of drug-likeness (QED) is 0.910. The van der Waals surface area contributed by atoms with E-state index in [-0.39, 0.29) is 11.5 Å². The second kappa shape index (κ2) is 5.12. The van der Waals surface area contributed by atoms with Crippen LogP contribution in [0.25, 0.3) is 0 Å². The fourth-order valence-corrected chi connectivity index (χ4v) is 3.63. The van der Waals surface area contributed by atoms with Crippen molar-refractivity contribution >= 4 is 11.7 Å². The number of carboxylic acid groups (broad SMARTS) is 1. The number of hydrogen-bond donors (Lipinski definition) is 1. The second-order valence-electron chi connectivity index (χ2n) is 6.87. The molecule has 20 heavy (non-hydrogen) atoms. The Morgan fingerprint density at radius 1 is 1.35 bits per heavy atom. The first kappa shape index (κ1) is 14.9. The summed E-state index contributed by atoms with van der Waals surface area (Å²) in [4.78, 5) is 13.9. The lowest BCUT2D eigenvalue weighted by Crippen LogP contribution is -2.58. The third-order valence-electron chi connectivity index (χ3n) is 4.35. The molecule has 0 saturated carbocycles. The smallest absolute Gasteiger partial charge is 0.326 e. The van der Waals surface area contributed by atoms with Crippen molar-refractivity contribution in [3.8, 4) is 0 Å². The highest BCUT2D eigenvalue weighted by molar-refractivity contribution is 5.80. The lowest BCUT2D eigenvalue weighted by molar-refractivity contribution is -0.140. The van der Waals surface area contributed by atoms with Crippen LogP contribution in [-0.4, -0.2) is 22.7 Å². The molecule has 0 aliphatic carbocycles. The molecule has 0 aromatic heterocycles. The van der Waals surface area contributed by atoms with Gasteiger partial charge in [0.05, 0.1) is 0 Å². The summed E-state index contributed by atoms with van der Waals surface area (Å²) in [6.07, 6.45) is 0.973. The molecule has 0 unspecified atom stereocenters. The molecule has 0 radical (unpaired) electrons. The van der Waals surface area contributed by atoms with Crippen LogP contribution < -0.4 is 4.90 Å². The molecule has 0 spiro atoms. The summed E-state index contributed by atoms with van der Waals surface area (Å²) in [5.74, 6) is -0.218. The molecule has 110 valence electrons. The van der Waals surface area contributed by atoms with Crippen LogP contribution in [0, 0.1) is 5.92 Å². The first-order chi connectivity index (χ1) is 9.25. The molecule has 3 heteroatoms. The van der Waals surface area contributed by atoms with Gasteiger partial charge in [-0.25, -0.2) is 4.79 Å². The van der Waals surface area contributed by atoms with Crippen LogP contribution in [0.5, 0.6) is 0 Å². The molecule has 0 fully saturated rings. The van der Waals surface area contributed by atoms with Crippen LogP contribution in [0.3, 0.4) is 0 Å². The lowest BCUT2D eigenvalue weighted by atomic mass is 9.78. The van der Waals surface area contributed by atoms with Gasteiger partial charge >= 0.3 is 5.97 Å². The zero-order valence-corrected chi connectivity index (χ0v) is 13.1. The first-order valence-corrected chi connectivity index (χ1v) is 7.37. The standard InChI is InChI=1S/C17H25NO2/c1-11(2)15(16(19)20)18-14-9-7-6-8-13(14)12(3)10-17(18,4)5/h6-9,11-12,15H,10H2,1-5H3,(H,19,20)/t12-,15-/m0/s1. The summed E-state index contributed by atoms with van der Waals surface area (Å²) in [6.45, 7) is 10.5. The number of para-hydroxylation sites is 1. The Morgan fingerprint density at radius 3 is 2.50 bits per heavy atom. The van der Waals surface area contributed by atoms with E-state index in [0.717, 1.165) is 12.1 Å². The topological polar surface area (TPSA) is 40.5 Å². The summed E-state index contributed by atoms with van der Waals surface area (Å²) in [5, 5.41) is 9.68. The highest BCUT2D eigenvalue weighted by Gasteiger charge is 2.43. The molecule has 1 aliphatic rings. The number of anilines is 1. The molecule has 1 N–H and O–H groups in total. The number of nitrogens with zero attached hydrogens (tertiary/aromatic N) is 1. The number of benzene rings is 1. The Balaban J connectivity index is 2.59. The van der Waals surface area contributed by atoms with Gasteiger partial charge in [-0.1, -0.05) is 39.0 Å². The monoisotopic (exact) mass is 275 g/mol. The highest BCUT2D eigenvalue weighted by Crippen LogP contribution is 2.45. The summed E-state index contributed by atoms with van der Waals surface area (Å²) in [5.41, 5.74) is 2.19. The molecule has 0 saturated heterocycles. The SMILES string of the molecule is CC(C)[C@@H](C(=O)O)N1c2ccccc2[C@@H](C)CC1(C)C. The average Bonchev–Trinajstić information content (AvgIpc) is 2.32. The molecule has 1 aromatic carbocycles. The van der Waals surface area contributed by atoms with Gasteiger partial charge in [0.25, 0.3) is 0 Å². The second-order valence-corrected chi connectivity index (χ2v) is 6.87. The first-order valence-electron chi connectivity index (χ1n) is 7.37. The van der Waals surface area contributed by atoms with Crippen molar-refractivity contribution in [1.29, 1.82) is 0 Å². The third-order valence-corrected chi connectivity index (χ3v) is 4.35. The van der Waals surface area contributed by atoms with Crippen molar-refractivity contribution in [3.63, 3.8) is 0 Å². The minimum absolute atomic E-state index is 0.0632. The minimum atomic E-state index is -0.738. The van der Waals surface area contributed by atoms with Crippen LogP contribution >= 0.6 is 0 Å². The molecule has 1 aromatic rings. The summed E-state index contributed by atoms with van der Waals surface area (Å²) in [7, 11) is 0. The Kier molecular flexibility index (Phi) is 3.81. The largest absolute Gasteiger partial charge is 0.480 e. The van der Waals surface area contributed by atoms with Crippen LogP contribution in [0.1, 0.15) is 52.5 Å². The Morgan fingerprint density at radius 2 is 1.95 bits per heavy atom. The van der Waals surface area contributed by atoms with Crippen molar-refractivity contribution in [2.75, 3.05) is 4.90 Å². The fourth-order valence-electron chi connectivity index (χ4n) is 3.63. The van der Waals surface area contributed by atoms with E-state index >= 15 is 0 Å². The van der Waals surface area contributed by atoms with Gasteiger partial charge in [0, 0.05) is 11.2 Å². The third kappa shape index (κ3) is 2.41. The van der Waals surface area contributed by atoms with Crippen LogP contribution in [0.4, 0.5) is 5.69 Å². The van der Waals surface area contributed by atoms with E-state index in [4.69, 9.17) is 0 Å². The normalized spacial score (nSPS) is 22.5. The van der Waals surface area contributed by atoms with E-state index in [1.165, 1.54) is 5.56 Å². The maximum Gasteiger partial charge on any atom is 0.326 e. The summed E-state index contributed by atoms with van der Waals surface area (Å²) in [6, 6.07) is 7.74. The van der Waals surface area contributed by atoms with Gasteiger partial charge in [0.2, 0.25) is 0 Å². The zero-order valence-electron chi connectivity index (χ0n) is 13.1. The van der Waals surface area contributed by atoms with Crippen LogP contribution in [0.2, 0.25) is 0 Å². The molecule has 1 aliphatic heterocycles. The van der Waals surface area contributed by atoms with E-state index in [2.05, 4.69) is 37.8 Å². The number of fused-ring (bicyclic) bond motifs is 1. The zero-order chi connectivity index (χ0) is 15.1. The van der Waals surface area contributed by atoms with Crippen LogP contribution in [-0.2, 0) is 4.79 Å². The van der Waals surface area contributed by atoms with Gasteiger partial charge in [0.15, 0.2) is 0 Å². The van der Waals surface area contributed by atoms with Crippen molar-refractivity contribution < 1.29 is 9.90 Å². The Labute approximate surface area is 121 Å². The lowest BCUT2D eigenvalue weighted by Gasteiger charge is -2.51. The number of hydrogen-bond acceptors (Lipinski definition) is 2. The van der Waals surface area contributed by atoms with E-state index < -0.39 is 12.0 Å². The Bertz CT molecular complexity index is 507. The highest BCUT2D eigenvalue weighted by atomic mass is 16.4. The summed E-state index contributed by atoms with van der Waals surface area (Å²) < 4.78 is 0. The molecule has 0 bridgehead atoms. The van der Waals surface area contributed by atoms with Gasteiger partial charge in [0.1, 0.15) is 6.04 Å². The number of carbonyl (C=O) groups is 1. The van der Waals surface area contributed by atoms with Gasteiger partial charge in [-0.05, 0) is 43.7 Å². The number of aliphatic carboxylic acids is 1. The predicted octanol–water partition coefficient (Wildman–Crippen LogP) is 3.89. The molecule has 2 rings (SSSR count). The molecular weight excluding hydrogens is 250 g/mol. The van der Waals surface area contributed by atoms with E-state index in [0.29, 0.717) is 5.92 Å². The maximum atomic E-state index is 11.8. The summed E-state index contributed by atoms with van der Waals surface area (Å²) >= 11 is 0. The van der Waals surface area contributed by atoms with E-state index in [1.807, 2.05) is 26.0 Å². The van der Waals surface area contributed by atoms with Gasteiger partial charge in [-0.2, -0.15) is 0 Å². The molecule has 1 heterocycles. The molecule has 0 amide bonds. The Hall–Kier alpha value is -1.51. The van der Waals surface area contributed by atoms with Crippen LogP contribution in [0.15, 0.2) is 24.3 Å². The van der Waals surface area contributed by atoms with Crippen molar-refractivity contribution in [3.05, 3.63) is 29.8 Å². The predicted molar refractivity (Wildman–Crippen MR) is 82.3 cm³/mol. The number of rotatable bonds is 3. The molecular formula is C17H25NO2. The fraction of sp³-hybridized carbons (Fsp3) is 0.588. The van der Waals surface area contributed by atoms with Gasteiger partial charge in [-0.3, -0.25) is 0 Å². The van der Waals surface area contributed by atoms with E-state index in [9.17, 15) is 9.90 Å². The van der Waals surface area contributed by atoms with Crippen molar-refractivity contribution in [2.24, 2.45) is 5.92 Å². The van der Waals surface area contributed by atoms with Gasteiger partial charge < -0.3 is 10.0 Å². The van der Waals surface area contributed by atoms with Gasteiger partial charge in [-0.15, -0.1) is 0 Å². The van der Waals surface area contributed by atoms with E-state index in [1.54, 1.807) is 0 Å². The molecule has 3 nitrogen and oxygen atoms in total.